The second kappa shape index (κ2) is 8.26. The van der Waals surface area contributed by atoms with Gasteiger partial charge in [0.15, 0.2) is 0 Å². The van der Waals surface area contributed by atoms with Gasteiger partial charge in [-0.25, -0.2) is 8.42 Å². The van der Waals surface area contributed by atoms with Crippen molar-refractivity contribution in [2.24, 2.45) is 0 Å². The highest BCUT2D eigenvalue weighted by Crippen LogP contribution is 2.18. The maximum atomic E-state index is 12.7. The van der Waals surface area contributed by atoms with Crippen LogP contribution in [0.15, 0.2) is 78.0 Å². The van der Waals surface area contributed by atoms with E-state index in [1.54, 1.807) is 34.8 Å². The first kappa shape index (κ1) is 18.9. The molecule has 0 bridgehead atoms. The fourth-order valence-electron chi connectivity index (χ4n) is 3.54. The Kier molecular flexibility index (Phi) is 5.57. The van der Waals surface area contributed by atoms with E-state index in [1.165, 1.54) is 11.1 Å². The van der Waals surface area contributed by atoms with Gasteiger partial charge in [0, 0.05) is 45.1 Å². The van der Waals surface area contributed by atoms with Crippen LogP contribution in [0, 0.1) is 0 Å². The van der Waals surface area contributed by atoms with Crippen LogP contribution in [-0.4, -0.2) is 53.6 Å². The Balaban J connectivity index is 1.36. The molecule has 1 aromatic heterocycles. The summed E-state index contributed by atoms with van der Waals surface area (Å²) in [4.78, 5) is 2.68. The van der Waals surface area contributed by atoms with Crippen molar-refractivity contribution in [3.8, 4) is 0 Å². The first-order chi connectivity index (χ1) is 13.6. The summed E-state index contributed by atoms with van der Waals surface area (Å²) in [6.07, 6.45) is 3.74. The summed E-state index contributed by atoms with van der Waals surface area (Å²) < 4.78 is 29.0. The van der Waals surface area contributed by atoms with Crippen molar-refractivity contribution < 1.29 is 8.42 Å². The fourth-order valence-corrected chi connectivity index (χ4v) is 4.98. The van der Waals surface area contributed by atoms with Crippen LogP contribution in [0.4, 0.5) is 0 Å². The molecule has 0 unspecified atom stereocenters. The number of rotatable bonds is 6. The van der Waals surface area contributed by atoms with E-state index in [4.69, 9.17) is 0 Å². The lowest BCUT2D eigenvalue weighted by molar-refractivity contribution is 0.181. The number of nitrogens with zero attached hydrogens (tertiary/aromatic N) is 4. The number of sulfonamides is 1. The maximum Gasteiger partial charge on any atom is 0.243 e. The third kappa shape index (κ3) is 4.32. The average molecular weight is 397 g/mol. The Morgan fingerprint density at radius 2 is 1.54 bits per heavy atom. The van der Waals surface area contributed by atoms with E-state index in [9.17, 15) is 8.42 Å². The standard InChI is InChI=1S/C21H24N4O2S/c26-28(27,21-8-2-1-3-9-21)25-14-12-23(13-15-25)17-19-6-4-7-20(16-19)18-24-11-5-10-22-24/h1-11,16H,12-15,17-18H2. The van der Waals surface area contributed by atoms with Gasteiger partial charge in [-0.3, -0.25) is 9.58 Å². The summed E-state index contributed by atoms with van der Waals surface area (Å²) in [6, 6.07) is 19.1. The highest BCUT2D eigenvalue weighted by molar-refractivity contribution is 7.89. The van der Waals surface area contributed by atoms with E-state index >= 15 is 0 Å². The van der Waals surface area contributed by atoms with Crippen molar-refractivity contribution in [2.75, 3.05) is 26.2 Å². The van der Waals surface area contributed by atoms with Gasteiger partial charge in [0.1, 0.15) is 0 Å². The molecule has 146 valence electrons. The molecule has 4 rings (SSSR count). The molecular formula is C21H24N4O2S. The minimum atomic E-state index is -3.40. The molecule has 0 saturated carbocycles. The number of hydrogen-bond acceptors (Lipinski definition) is 4. The molecule has 0 radical (unpaired) electrons. The van der Waals surface area contributed by atoms with Gasteiger partial charge in [0.05, 0.1) is 11.4 Å². The van der Waals surface area contributed by atoms with E-state index in [0.29, 0.717) is 18.0 Å². The molecule has 0 amide bonds. The predicted octanol–water partition coefficient (Wildman–Crippen LogP) is 2.44. The Bertz CT molecular complexity index is 996. The van der Waals surface area contributed by atoms with Gasteiger partial charge < -0.3 is 0 Å². The van der Waals surface area contributed by atoms with Crippen molar-refractivity contribution in [1.29, 1.82) is 0 Å². The summed E-state index contributed by atoms with van der Waals surface area (Å²) in [5.41, 5.74) is 2.45. The molecule has 2 heterocycles. The highest BCUT2D eigenvalue weighted by atomic mass is 32.2. The second-order valence-corrected chi connectivity index (χ2v) is 8.95. The number of piperazine rings is 1. The average Bonchev–Trinajstić information content (AvgIpc) is 3.22. The van der Waals surface area contributed by atoms with Crippen LogP contribution in [0.25, 0.3) is 0 Å². The lowest BCUT2D eigenvalue weighted by Crippen LogP contribution is -2.48. The van der Waals surface area contributed by atoms with Crippen molar-refractivity contribution in [2.45, 2.75) is 18.0 Å². The maximum absolute atomic E-state index is 12.7. The summed E-state index contributed by atoms with van der Waals surface area (Å²) in [7, 11) is -3.40. The van der Waals surface area contributed by atoms with Gasteiger partial charge in [0.25, 0.3) is 0 Å². The largest absolute Gasteiger partial charge is 0.296 e. The minimum absolute atomic E-state index is 0.370. The van der Waals surface area contributed by atoms with Gasteiger partial charge in [-0.2, -0.15) is 9.40 Å². The van der Waals surface area contributed by atoms with E-state index in [0.717, 1.165) is 26.2 Å². The van der Waals surface area contributed by atoms with Crippen molar-refractivity contribution in [3.05, 3.63) is 84.2 Å². The third-order valence-corrected chi connectivity index (χ3v) is 6.93. The SMILES string of the molecule is O=S(=O)(c1ccccc1)N1CCN(Cc2cccc(Cn3cccn3)c2)CC1. The quantitative estimate of drug-likeness (QED) is 0.642. The number of hydrogen-bond donors (Lipinski definition) is 0. The van der Waals surface area contributed by atoms with Gasteiger partial charge >= 0.3 is 0 Å². The Morgan fingerprint density at radius 1 is 0.821 bits per heavy atom. The summed E-state index contributed by atoms with van der Waals surface area (Å²) in [5, 5.41) is 4.26. The first-order valence-corrected chi connectivity index (χ1v) is 10.9. The molecule has 3 aromatic rings. The van der Waals surface area contributed by atoms with Crippen LogP contribution in [-0.2, 0) is 23.1 Å². The van der Waals surface area contributed by atoms with Gasteiger partial charge in [-0.05, 0) is 29.3 Å². The molecule has 1 aliphatic heterocycles. The topological polar surface area (TPSA) is 58.4 Å². The van der Waals surface area contributed by atoms with Crippen molar-refractivity contribution >= 4 is 10.0 Å². The zero-order valence-corrected chi connectivity index (χ0v) is 16.5. The fraction of sp³-hybridized carbons (Fsp3) is 0.286. The molecule has 28 heavy (non-hydrogen) atoms. The normalized spacial score (nSPS) is 16.3. The summed E-state index contributed by atoms with van der Waals surface area (Å²) >= 11 is 0. The van der Waals surface area contributed by atoms with E-state index in [2.05, 4.69) is 34.3 Å². The van der Waals surface area contributed by atoms with Gasteiger partial charge in [-0.1, -0.05) is 42.5 Å². The molecule has 7 heteroatoms. The van der Waals surface area contributed by atoms with Crippen LogP contribution >= 0.6 is 0 Å². The second-order valence-electron chi connectivity index (χ2n) is 7.02. The molecule has 2 aromatic carbocycles. The number of benzene rings is 2. The van der Waals surface area contributed by atoms with Crippen molar-refractivity contribution in [1.82, 2.24) is 19.0 Å². The zero-order chi connectivity index (χ0) is 19.4. The zero-order valence-electron chi connectivity index (χ0n) is 15.7. The van der Waals surface area contributed by atoms with E-state index < -0.39 is 10.0 Å². The van der Waals surface area contributed by atoms with Crippen LogP contribution in [0.1, 0.15) is 11.1 Å². The minimum Gasteiger partial charge on any atom is -0.296 e. The number of aromatic nitrogens is 2. The molecule has 1 saturated heterocycles. The molecule has 0 spiro atoms. The van der Waals surface area contributed by atoms with Crippen LogP contribution in [0.2, 0.25) is 0 Å². The predicted molar refractivity (Wildman–Crippen MR) is 108 cm³/mol. The Morgan fingerprint density at radius 3 is 2.21 bits per heavy atom. The van der Waals surface area contributed by atoms with Crippen molar-refractivity contribution in [3.63, 3.8) is 0 Å². The van der Waals surface area contributed by atoms with E-state index in [1.807, 2.05) is 23.0 Å². The smallest absolute Gasteiger partial charge is 0.243 e. The molecule has 6 nitrogen and oxygen atoms in total. The third-order valence-electron chi connectivity index (χ3n) is 5.01. The Labute approximate surface area is 166 Å². The molecule has 0 N–H and O–H groups in total. The van der Waals surface area contributed by atoms with Crippen LogP contribution in [0.3, 0.4) is 0 Å². The molecular weight excluding hydrogens is 372 g/mol. The molecule has 1 fully saturated rings. The van der Waals surface area contributed by atoms with Crippen LogP contribution in [0.5, 0.6) is 0 Å². The van der Waals surface area contributed by atoms with Gasteiger partial charge in [-0.15, -0.1) is 0 Å². The van der Waals surface area contributed by atoms with Gasteiger partial charge in [0.2, 0.25) is 10.0 Å². The highest BCUT2D eigenvalue weighted by Gasteiger charge is 2.28. The van der Waals surface area contributed by atoms with Crippen LogP contribution < -0.4 is 0 Å². The van der Waals surface area contributed by atoms with E-state index in [-0.39, 0.29) is 0 Å². The summed E-state index contributed by atoms with van der Waals surface area (Å²) in [5.74, 6) is 0. The molecule has 0 atom stereocenters. The lowest BCUT2D eigenvalue weighted by atomic mass is 10.1. The monoisotopic (exact) mass is 396 g/mol. The Hall–Kier alpha value is -2.48. The molecule has 1 aliphatic rings. The summed E-state index contributed by atoms with van der Waals surface area (Å²) in [6.45, 7) is 4.08. The lowest BCUT2D eigenvalue weighted by Gasteiger charge is -2.34. The molecule has 0 aliphatic carbocycles. The first-order valence-electron chi connectivity index (χ1n) is 9.44.